The van der Waals surface area contributed by atoms with E-state index in [4.69, 9.17) is 17.0 Å². The van der Waals surface area contributed by atoms with Crippen LogP contribution in [-0.2, 0) is 0 Å². The van der Waals surface area contributed by atoms with Crippen LogP contribution in [0.25, 0.3) is 6.08 Å². The number of hydrogen-bond donors (Lipinski definition) is 2. The molecular weight excluding hydrogens is 520 g/mol. The Morgan fingerprint density at radius 3 is 2.76 bits per heavy atom. The first-order valence-electron chi connectivity index (χ1n) is 11.1. The van der Waals surface area contributed by atoms with Crippen LogP contribution in [0.15, 0.2) is 28.1 Å². The molecule has 3 aliphatic heterocycles. The fourth-order valence-electron chi connectivity index (χ4n) is 3.94. The monoisotopic (exact) mass is 549 g/mol. The standard InChI is InChI=1S/C22H28FN5O2S2.2ClH/c1-2-24-17-7-11-27(12-8-17)22(29)30-18-14-16(23)6-5-15(18)13-19-20(31)26-21(32-19)28-10-4-3-9-25-28;;/h5-6,13-14,17,24-25H,2-4,7-12H2,1H3;2*1H/b19-13-;;. The number of carbonyl (C=O) groups excluding carboxylic acids is 1. The molecule has 0 atom stereocenters. The number of hydrogen-bond acceptors (Lipinski definition) is 7. The van der Waals surface area contributed by atoms with Gasteiger partial charge in [-0.3, -0.25) is 5.01 Å². The lowest BCUT2D eigenvalue weighted by Gasteiger charge is -2.31. The third kappa shape index (κ3) is 7.29. The van der Waals surface area contributed by atoms with E-state index in [1.54, 1.807) is 11.0 Å². The average molecular weight is 551 g/mol. The molecule has 2 fully saturated rings. The lowest BCUT2D eigenvalue weighted by molar-refractivity contribution is 0.135. The van der Waals surface area contributed by atoms with Gasteiger partial charge in [0.25, 0.3) is 0 Å². The van der Waals surface area contributed by atoms with Crippen molar-refractivity contribution in [1.29, 1.82) is 0 Å². The minimum Gasteiger partial charge on any atom is -0.409 e. The molecule has 3 heterocycles. The molecule has 2 saturated heterocycles. The van der Waals surface area contributed by atoms with Gasteiger partial charge in [0.1, 0.15) is 16.6 Å². The molecule has 7 nitrogen and oxygen atoms in total. The Kier molecular flexibility index (Phi) is 11.5. The van der Waals surface area contributed by atoms with Crippen LogP contribution in [-0.4, -0.2) is 64.9 Å². The van der Waals surface area contributed by atoms with Crippen molar-refractivity contribution in [2.24, 2.45) is 4.99 Å². The predicted octanol–water partition coefficient (Wildman–Crippen LogP) is 4.61. The van der Waals surface area contributed by atoms with Gasteiger partial charge in [0.15, 0.2) is 5.17 Å². The zero-order valence-corrected chi connectivity index (χ0v) is 22.2. The van der Waals surface area contributed by atoms with Crippen LogP contribution >= 0.6 is 48.8 Å². The average Bonchev–Trinajstić information content (AvgIpc) is 3.17. The van der Waals surface area contributed by atoms with Gasteiger partial charge in [-0.15, -0.1) is 24.8 Å². The van der Waals surface area contributed by atoms with E-state index in [9.17, 15) is 9.18 Å². The van der Waals surface area contributed by atoms with Crippen molar-refractivity contribution >= 4 is 71.1 Å². The highest BCUT2D eigenvalue weighted by Gasteiger charge is 2.27. The number of halogens is 3. The predicted molar refractivity (Wildman–Crippen MR) is 145 cm³/mol. The Labute approximate surface area is 221 Å². The second-order valence-corrected chi connectivity index (χ2v) is 9.34. The summed E-state index contributed by atoms with van der Waals surface area (Å²) in [4.78, 5) is 20.2. The van der Waals surface area contributed by atoms with E-state index in [0.29, 0.717) is 29.7 Å². The van der Waals surface area contributed by atoms with Crippen molar-refractivity contribution in [3.05, 3.63) is 34.5 Å². The molecule has 0 aliphatic carbocycles. The normalized spacial score (nSPS) is 20.0. The van der Waals surface area contributed by atoms with Crippen molar-refractivity contribution in [3.8, 4) is 5.75 Å². The molecule has 4 rings (SSSR count). The van der Waals surface area contributed by atoms with Gasteiger partial charge in [0.2, 0.25) is 0 Å². The molecule has 0 aromatic heterocycles. The number of benzene rings is 1. The fraction of sp³-hybridized carbons (Fsp3) is 0.500. The fourth-order valence-corrected chi connectivity index (χ4v) is 5.18. The number of nitrogens with one attached hydrogen (secondary N) is 2. The van der Waals surface area contributed by atoms with Gasteiger partial charge in [0, 0.05) is 43.9 Å². The van der Waals surface area contributed by atoms with Crippen molar-refractivity contribution in [2.75, 3.05) is 32.7 Å². The summed E-state index contributed by atoms with van der Waals surface area (Å²) in [5.41, 5.74) is 3.92. The van der Waals surface area contributed by atoms with Gasteiger partial charge in [-0.25, -0.2) is 19.6 Å². The minimum atomic E-state index is -0.461. The molecule has 0 bridgehead atoms. The van der Waals surface area contributed by atoms with Gasteiger partial charge < -0.3 is 15.0 Å². The summed E-state index contributed by atoms with van der Waals surface area (Å²) >= 11 is 6.92. The maximum absolute atomic E-state index is 14.0. The van der Waals surface area contributed by atoms with Crippen LogP contribution in [0.3, 0.4) is 0 Å². The number of likely N-dealkylation sites (tertiary alicyclic amines) is 1. The number of amidine groups is 1. The van der Waals surface area contributed by atoms with Crippen molar-refractivity contribution < 1.29 is 13.9 Å². The summed E-state index contributed by atoms with van der Waals surface area (Å²) in [6.45, 7) is 6.01. The number of thioether (sulfide) groups is 1. The van der Waals surface area contributed by atoms with Crippen LogP contribution in [0.1, 0.15) is 38.2 Å². The Balaban J connectivity index is 0.00000204. The van der Waals surface area contributed by atoms with E-state index in [-0.39, 0.29) is 30.6 Å². The molecule has 1 aromatic rings. The summed E-state index contributed by atoms with van der Waals surface area (Å²) in [5.74, 6) is -0.277. The Morgan fingerprint density at radius 1 is 1.32 bits per heavy atom. The molecule has 34 heavy (non-hydrogen) atoms. The van der Waals surface area contributed by atoms with Crippen LogP contribution in [0.5, 0.6) is 5.75 Å². The molecule has 188 valence electrons. The van der Waals surface area contributed by atoms with E-state index >= 15 is 0 Å². The number of amides is 1. The van der Waals surface area contributed by atoms with Crippen molar-refractivity contribution in [3.63, 3.8) is 0 Å². The number of thiocarbonyl (C=S) groups is 1. The molecule has 0 saturated carbocycles. The largest absolute Gasteiger partial charge is 0.415 e. The van der Waals surface area contributed by atoms with E-state index in [2.05, 4.69) is 22.7 Å². The summed E-state index contributed by atoms with van der Waals surface area (Å²) in [5, 5.41) is 6.24. The maximum atomic E-state index is 14.0. The second-order valence-electron chi connectivity index (χ2n) is 7.95. The highest BCUT2D eigenvalue weighted by Crippen LogP contribution is 2.33. The van der Waals surface area contributed by atoms with Gasteiger partial charge in [-0.2, -0.15) is 0 Å². The first kappa shape index (κ1) is 28.8. The van der Waals surface area contributed by atoms with Gasteiger partial charge in [-0.1, -0.05) is 19.1 Å². The number of ether oxygens (including phenoxy) is 1. The van der Waals surface area contributed by atoms with Crippen LogP contribution in [0.4, 0.5) is 9.18 Å². The van der Waals surface area contributed by atoms with E-state index < -0.39 is 11.9 Å². The lowest BCUT2D eigenvalue weighted by atomic mass is 10.1. The summed E-state index contributed by atoms with van der Waals surface area (Å²) in [6, 6.07) is 4.61. The Bertz CT molecular complexity index is 936. The van der Waals surface area contributed by atoms with Gasteiger partial charge in [-0.05, 0) is 62.2 Å². The second kappa shape index (κ2) is 13.6. The molecule has 1 amide bonds. The van der Waals surface area contributed by atoms with E-state index in [1.165, 1.54) is 23.9 Å². The molecule has 0 spiro atoms. The molecule has 0 unspecified atom stereocenters. The third-order valence-electron chi connectivity index (χ3n) is 5.66. The third-order valence-corrected chi connectivity index (χ3v) is 7.12. The summed E-state index contributed by atoms with van der Waals surface area (Å²) < 4.78 is 19.6. The summed E-state index contributed by atoms with van der Waals surface area (Å²) in [7, 11) is 0. The van der Waals surface area contributed by atoms with Crippen LogP contribution < -0.4 is 15.5 Å². The number of piperidine rings is 1. The Morgan fingerprint density at radius 2 is 2.09 bits per heavy atom. The minimum absolute atomic E-state index is 0. The highest BCUT2D eigenvalue weighted by molar-refractivity contribution is 8.19. The highest BCUT2D eigenvalue weighted by atomic mass is 35.5. The first-order valence-corrected chi connectivity index (χ1v) is 12.3. The smallest absolute Gasteiger partial charge is 0.409 e. The molecule has 0 radical (unpaired) electrons. The quantitative estimate of drug-likeness (QED) is 0.419. The number of hydrazine groups is 1. The number of rotatable bonds is 4. The molecule has 1 aromatic carbocycles. The molecule has 2 N–H and O–H groups in total. The van der Waals surface area contributed by atoms with Gasteiger partial charge in [0.05, 0.1) is 4.91 Å². The number of aliphatic imine (C=N–C) groups is 1. The zero-order chi connectivity index (χ0) is 22.5. The Hall–Kier alpha value is -1.43. The van der Waals surface area contributed by atoms with Crippen LogP contribution in [0.2, 0.25) is 0 Å². The van der Waals surface area contributed by atoms with Crippen molar-refractivity contribution in [1.82, 2.24) is 20.7 Å². The zero-order valence-electron chi connectivity index (χ0n) is 18.9. The van der Waals surface area contributed by atoms with Crippen molar-refractivity contribution in [2.45, 2.75) is 38.6 Å². The van der Waals surface area contributed by atoms with Crippen LogP contribution in [0, 0.1) is 5.82 Å². The SMILES string of the molecule is CCNC1CCN(C(=O)Oc2cc(F)ccc2/C=C2\SC(N3CCCCN3)=NC2=S)CC1.Cl.Cl. The molecular formula is C22H30Cl2FN5O2S2. The van der Waals surface area contributed by atoms with E-state index in [0.717, 1.165) is 55.4 Å². The number of nitrogens with zero attached hydrogens (tertiary/aromatic N) is 3. The topological polar surface area (TPSA) is 69.2 Å². The summed E-state index contributed by atoms with van der Waals surface area (Å²) in [6.07, 6.45) is 5.34. The van der Waals surface area contributed by atoms with Gasteiger partial charge >= 0.3 is 6.09 Å². The number of carbonyl (C=O) groups is 1. The van der Waals surface area contributed by atoms with E-state index in [1.807, 2.05) is 11.1 Å². The first-order chi connectivity index (χ1) is 15.5. The maximum Gasteiger partial charge on any atom is 0.415 e. The molecule has 3 aliphatic rings. The molecule has 12 heteroatoms. The lowest BCUT2D eigenvalue weighted by Crippen LogP contribution is -2.45.